The van der Waals surface area contributed by atoms with Crippen molar-refractivity contribution in [3.63, 3.8) is 0 Å². The minimum Gasteiger partial charge on any atom is -0.466 e. The lowest BCUT2D eigenvalue weighted by atomic mass is 9.94. The minimum absolute atomic E-state index is 0.135. The summed E-state index contributed by atoms with van der Waals surface area (Å²) < 4.78 is 4.81. The van der Waals surface area contributed by atoms with E-state index >= 15 is 0 Å². The van der Waals surface area contributed by atoms with Gasteiger partial charge in [0, 0.05) is 12.5 Å². The van der Waals surface area contributed by atoms with Gasteiger partial charge in [0.05, 0.1) is 19.6 Å². The fourth-order valence-corrected chi connectivity index (χ4v) is 2.48. The summed E-state index contributed by atoms with van der Waals surface area (Å²) in [7, 11) is 2.01. The predicted molar refractivity (Wildman–Crippen MR) is 70.4 cm³/mol. The van der Waals surface area contributed by atoms with E-state index in [0.717, 1.165) is 0 Å². The molecule has 4 nitrogen and oxygen atoms in total. The third-order valence-corrected chi connectivity index (χ3v) is 3.54. The van der Waals surface area contributed by atoms with Crippen LogP contribution in [0.15, 0.2) is 0 Å². The molecule has 1 saturated carbocycles. The number of carbonyl (C=O) groups excluding carboxylic acids is 2. The normalized spacial score (nSPS) is 16.8. The first-order valence-corrected chi connectivity index (χ1v) is 7.01. The van der Waals surface area contributed by atoms with E-state index in [1.807, 2.05) is 7.05 Å². The van der Waals surface area contributed by atoms with Crippen molar-refractivity contribution in [3.8, 4) is 0 Å². The Bertz CT molecular complexity index is 272. The number of nitrogens with zero attached hydrogens (tertiary/aromatic N) is 1. The van der Waals surface area contributed by atoms with Gasteiger partial charge < -0.3 is 4.74 Å². The van der Waals surface area contributed by atoms with Gasteiger partial charge in [0.25, 0.3) is 0 Å². The van der Waals surface area contributed by atoms with Crippen LogP contribution in [0.3, 0.4) is 0 Å². The zero-order valence-electron chi connectivity index (χ0n) is 11.6. The Hall–Kier alpha value is -0.900. The number of rotatable bonds is 7. The molecule has 0 heterocycles. The Morgan fingerprint density at radius 1 is 1.17 bits per heavy atom. The van der Waals surface area contributed by atoms with Crippen molar-refractivity contribution in [1.29, 1.82) is 0 Å². The molecular weight excluding hydrogens is 230 g/mol. The van der Waals surface area contributed by atoms with Crippen molar-refractivity contribution in [2.45, 2.75) is 57.9 Å². The maximum Gasteiger partial charge on any atom is 0.306 e. The lowest BCUT2D eigenvalue weighted by molar-refractivity contribution is -0.144. The average molecular weight is 255 g/mol. The van der Waals surface area contributed by atoms with Gasteiger partial charge in [0.1, 0.15) is 5.78 Å². The molecule has 0 aromatic rings. The molecule has 104 valence electrons. The molecule has 18 heavy (non-hydrogen) atoms. The Balaban J connectivity index is 2.20. The first-order chi connectivity index (χ1) is 8.63. The molecular formula is C14H25NO3. The van der Waals surface area contributed by atoms with Gasteiger partial charge in [-0.3, -0.25) is 14.5 Å². The molecule has 1 fully saturated rings. The second-order valence-electron chi connectivity index (χ2n) is 5.05. The summed E-state index contributed by atoms with van der Waals surface area (Å²) >= 11 is 0. The quantitative estimate of drug-likeness (QED) is 0.654. The molecule has 1 aliphatic rings. The van der Waals surface area contributed by atoms with Gasteiger partial charge in [0.2, 0.25) is 0 Å². The van der Waals surface area contributed by atoms with Gasteiger partial charge in [-0.1, -0.05) is 19.3 Å². The summed E-state index contributed by atoms with van der Waals surface area (Å²) in [6.07, 6.45) is 6.77. The lowest BCUT2D eigenvalue weighted by Crippen LogP contribution is -2.37. The summed E-state index contributed by atoms with van der Waals surface area (Å²) in [4.78, 5) is 25.0. The van der Waals surface area contributed by atoms with Gasteiger partial charge in [-0.25, -0.2) is 0 Å². The second kappa shape index (κ2) is 8.25. The van der Waals surface area contributed by atoms with Crippen LogP contribution in [-0.2, 0) is 14.3 Å². The number of esters is 1. The molecule has 0 atom stereocenters. The highest BCUT2D eigenvalue weighted by atomic mass is 16.5. The van der Waals surface area contributed by atoms with Crippen LogP contribution in [0.25, 0.3) is 0 Å². The molecule has 1 aliphatic carbocycles. The first kappa shape index (κ1) is 15.2. The van der Waals surface area contributed by atoms with E-state index in [1.165, 1.54) is 32.1 Å². The molecule has 0 radical (unpaired) electrons. The summed E-state index contributed by atoms with van der Waals surface area (Å²) in [6.45, 7) is 2.62. The molecule has 0 aliphatic heterocycles. The van der Waals surface area contributed by atoms with Crippen molar-refractivity contribution in [2.24, 2.45) is 0 Å². The van der Waals surface area contributed by atoms with Crippen LogP contribution in [0.1, 0.15) is 51.9 Å². The van der Waals surface area contributed by atoms with E-state index in [2.05, 4.69) is 4.90 Å². The maximum atomic E-state index is 11.8. The van der Waals surface area contributed by atoms with Gasteiger partial charge >= 0.3 is 5.97 Å². The van der Waals surface area contributed by atoms with Crippen LogP contribution in [0.5, 0.6) is 0 Å². The lowest BCUT2D eigenvalue weighted by Gasteiger charge is -2.30. The number of hydrogen-bond donors (Lipinski definition) is 0. The highest BCUT2D eigenvalue weighted by Gasteiger charge is 2.20. The van der Waals surface area contributed by atoms with Crippen molar-refractivity contribution in [3.05, 3.63) is 0 Å². The molecule has 0 aromatic carbocycles. The number of likely N-dealkylation sites (N-methyl/N-ethyl adjacent to an activating group) is 1. The van der Waals surface area contributed by atoms with Gasteiger partial charge in [-0.15, -0.1) is 0 Å². The Labute approximate surface area is 110 Å². The van der Waals surface area contributed by atoms with Crippen LogP contribution in [0, 0.1) is 0 Å². The van der Waals surface area contributed by atoms with Crippen molar-refractivity contribution < 1.29 is 14.3 Å². The number of hydrogen-bond acceptors (Lipinski definition) is 4. The van der Waals surface area contributed by atoms with E-state index in [9.17, 15) is 9.59 Å². The average Bonchev–Trinajstić information content (AvgIpc) is 2.38. The third kappa shape index (κ3) is 5.63. The van der Waals surface area contributed by atoms with Gasteiger partial charge in [-0.2, -0.15) is 0 Å². The van der Waals surface area contributed by atoms with E-state index in [0.29, 0.717) is 25.6 Å². The van der Waals surface area contributed by atoms with E-state index < -0.39 is 0 Å². The molecule has 1 rings (SSSR count). The van der Waals surface area contributed by atoms with Crippen LogP contribution in [0.2, 0.25) is 0 Å². The first-order valence-electron chi connectivity index (χ1n) is 7.01. The van der Waals surface area contributed by atoms with Crippen LogP contribution in [0.4, 0.5) is 0 Å². The largest absolute Gasteiger partial charge is 0.466 e. The van der Waals surface area contributed by atoms with Gasteiger partial charge in [0.15, 0.2) is 0 Å². The highest BCUT2D eigenvalue weighted by Crippen LogP contribution is 2.21. The van der Waals surface area contributed by atoms with Crippen LogP contribution in [-0.4, -0.2) is 42.9 Å². The minimum atomic E-state index is -0.272. The fourth-order valence-electron chi connectivity index (χ4n) is 2.48. The van der Waals surface area contributed by atoms with E-state index in [4.69, 9.17) is 4.74 Å². The Kier molecular flexibility index (Phi) is 6.94. The molecule has 0 unspecified atom stereocenters. The zero-order chi connectivity index (χ0) is 13.4. The van der Waals surface area contributed by atoms with E-state index in [1.54, 1.807) is 6.92 Å². The number of Topliss-reactive ketones (excluding diaryl/α,β-unsaturated/α-hetero) is 1. The molecule has 0 aromatic heterocycles. The highest BCUT2D eigenvalue weighted by molar-refractivity contribution is 5.84. The van der Waals surface area contributed by atoms with Crippen LogP contribution >= 0.6 is 0 Å². The second-order valence-corrected chi connectivity index (χ2v) is 5.05. The van der Waals surface area contributed by atoms with Crippen molar-refractivity contribution in [2.75, 3.05) is 20.2 Å². The van der Waals surface area contributed by atoms with E-state index in [-0.39, 0.29) is 18.2 Å². The molecule has 0 bridgehead atoms. The summed E-state index contributed by atoms with van der Waals surface area (Å²) in [5.74, 6) is -0.137. The maximum absolute atomic E-state index is 11.8. The molecule has 4 heteroatoms. The monoisotopic (exact) mass is 255 g/mol. The molecule has 0 saturated heterocycles. The summed E-state index contributed by atoms with van der Waals surface area (Å²) in [5.41, 5.74) is 0. The molecule has 0 spiro atoms. The number of ether oxygens (including phenoxy) is 1. The SMILES string of the molecule is CCOC(=O)CCC(=O)CN(C)C1CCCCC1. The third-order valence-electron chi connectivity index (χ3n) is 3.54. The smallest absolute Gasteiger partial charge is 0.306 e. The molecule has 0 amide bonds. The Morgan fingerprint density at radius 2 is 1.83 bits per heavy atom. The van der Waals surface area contributed by atoms with Crippen LogP contribution < -0.4 is 0 Å². The molecule has 0 N–H and O–H groups in total. The van der Waals surface area contributed by atoms with Gasteiger partial charge in [-0.05, 0) is 26.8 Å². The van der Waals surface area contributed by atoms with Crippen molar-refractivity contribution >= 4 is 11.8 Å². The van der Waals surface area contributed by atoms with Crippen molar-refractivity contribution in [1.82, 2.24) is 4.90 Å². The standard InChI is InChI=1S/C14H25NO3/c1-3-18-14(17)10-9-13(16)11-15(2)12-7-5-4-6-8-12/h12H,3-11H2,1-2H3. The number of carbonyl (C=O) groups is 2. The zero-order valence-corrected chi connectivity index (χ0v) is 11.6. The predicted octanol–water partition coefficient (Wildman–Crippen LogP) is 2.16. The fraction of sp³-hybridized carbons (Fsp3) is 0.857. The Morgan fingerprint density at radius 3 is 2.44 bits per heavy atom. The number of ketones is 1. The summed E-state index contributed by atoms with van der Waals surface area (Å²) in [5, 5.41) is 0. The topological polar surface area (TPSA) is 46.6 Å². The summed E-state index contributed by atoms with van der Waals surface area (Å²) in [6, 6.07) is 0.547.